The third kappa shape index (κ3) is 3.31. The van der Waals surface area contributed by atoms with E-state index in [1.54, 1.807) is 0 Å². The first kappa shape index (κ1) is 24.4. The van der Waals surface area contributed by atoms with Crippen LogP contribution in [0.15, 0.2) is 134 Å². The minimum Gasteiger partial charge on any atom is -0.332 e. The topological polar surface area (TPSA) is 51.8 Å². The number of benzene rings is 3. The van der Waals surface area contributed by atoms with Gasteiger partial charge in [0.2, 0.25) is 0 Å². The Kier molecular flexibility index (Phi) is 5.02. The van der Waals surface area contributed by atoms with Crippen molar-refractivity contribution in [1.82, 2.24) is 24.1 Å². The Balaban J connectivity index is 1.43. The van der Waals surface area contributed by atoms with Crippen LogP contribution in [0.25, 0.3) is 56.0 Å². The monoisotopic (exact) mass is 578 g/mol. The molecule has 0 bridgehead atoms. The van der Waals surface area contributed by atoms with Crippen LogP contribution in [-0.4, -0.2) is 30.1 Å². The van der Waals surface area contributed by atoms with E-state index in [0.717, 1.165) is 56.8 Å². The number of nitrogens with zero attached hydrogens (tertiary/aromatic N) is 6. The lowest BCUT2D eigenvalue weighted by Gasteiger charge is -2.28. The molecule has 6 heterocycles. The van der Waals surface area contributed by atoms with Crippen molar-refractivity contribution in [3.05, 3.63) is 150 Å². The molecule has 5 aromatic heterocycles. The smallest absolute Gasteiger partial charge is 0.137 e. The molecule has 3 aromatic carbocycles. The van der Waals surface area contributed by atoms with Crippen LogP contribution >= 0.6 is 0 Å². The van der Waals surface area contributed by atoms with E-state index in [9.17, 15) is 0 Å². The van der Waals surface area contributed by atoms with Gasteiger partial charge in [0.05, 0.1) is 50.2 Å². The standard InChI is InChI=1S/C39H26N6/c1-3-11-25(12-4-1)43-29-20-18-27-28-19-21-30-35(37-32(16-10-24-42-37)45(30)33-17-7-8-22-40-33)39(28)44(26-13-5-2-6-14-26)38(27)34(29)36-31(43)15-9-23-41-36/h1-19,21-24,29H,20H2. The van der Waals surface area contributed by atoms with Crippen molar-refractivity contribution in [3.8, 4) is 11.5 Å². The fourth-order valence-corrected chi connectivity index (χ4v) is 7.63. The maximum Gasteiger partial charge on any atom is 0.137 e. The average molecular weight is 579 g/mol. The molecule has 10 rings (SSSR count). The molecule has 1 atom stereocenters. The summed E-state index contributed by atoms with van der Waals surface area (Å²) in [6, 6.07) is 40.5. The van der Waals surface area contributed by atoms with Crippen LogP contribution in [0.2, 0.25) is 0 Å². The van der Waals surface area contributed by atoms with Gasteiger partial charge < -0.3 is 9.47 Å². The van der Waals surface area contributed by atoms with E-state index in [0.29, 0.717) is 0 Å². The van der Waals surface area contributed by atoms with E-state index in [1.165, 1.54) is 27.2 Å². The van der Waals surface area contributed by atoms with E-state index >= 15 is 0 Å². The highest BCUT2D eigenvalue weighted by atomic mass is 15.2. The quantitative estimate of drug-likeness (QED) is 0.231. The van der Waals surface area contributed by atoms with Gasteiger partial charge in [0.1, 0.15) is 5.82 Å². The predicted octanol–water partition coefficient (Wildman–Crippen LogP) is 6.82. The number of hydrogen-bond acceptors (Lipinski definition) is 4. The first-order valence-electron chi connectivity index (χ1n) is 15.3. The minimum atomic E-state index is 0.125. The Bertz CT molecular complexity index is 2570. The molecule has 0 saturated carbocycles. The lowest BCUT2D eigenvalue weighted by molar-refractivity contribution is 0.835. The second-order valence-electron chi connectivity index (χ2n) is 11.6. The van der Waals surface area contributed by atoms with Crippen LogP contribution in [0, 0.1) is 0 Å². The molecule has 1 unspecified atom stereocenters. The third-order valence-electron chi connectivity index (χ3n) is 9.33. The molecule has 212 valence electrons. The molecule has 0 radical (unpaired) electrons. The van der Waals surface area contributed by atoms with E-state index < -0.39 is 0 Å². The summed E-state index contributed by atoms with van der Waals surface area (Å²) in [6.07, 6.45) is 8.98. The van der Waals surface area contributed by atoms with Crippen LogP contribution in [-0.2, 0) is 0 Å². The van der Waals surface area contributed by atoms with Gasteiger partial charge >= 0.3 is 0 Å². The van der Waals surface area contributed by atoms with Crippen molar-refractivity contribution in [2.24, 2.45) is 0 Å². The van der Waals surface area contributed by atoms with Crippen molar-refractivity contribution in [1.29, 1.82) is 0 Å². The molecule has 0 spiro atoms. The van der Waals surface area contributed by atoms with Gasteiger partial charge in [0.15, 0.2) is 0 Å². The maximum atomic E-state index is 5.05. The molecule has 8 aromatic rings. The number of fused-ring (bicyclic) bond motifs is 10. The number of para-hydroxylation sites is 2. The SMILES string of the molecule is C1=c2c(n(-c3ccccc3)c3c2ccc2c3c3ncccc3n2-c2ccccn2)=C2c3ncccc3N(c3ccccc3)C2C1. The average Bonchev–Trinajstić information content (AvgIpc) is 3.75. The maximum absolute atomic E-state index is 5.05. The van der Waals surface area contributed by atoms with Crippen molar-refractivity contribution >= 4 is 55.9 Å². The first-order valence-corrected chi connectivity index (χ1v) is 15.3. The molecule has 2 aliphatic rings. The Labute approximate surface area is 258 Å². The number of aromatic nitrogens is 5. The molecule has 1 aliphatic carbocycles. The largest absolute Gasteiger partial charge is 0.332 e. The summed E-state index contributed by atoms with van der Waals surface area (Å²) in [5.74, 6) is 0.876. The Hall–Kier alpha value is -6.01. The summed E-state index contributed by atoms with van der Waals surface area (Å²) in [4.78, 5) is 17.3. The predicted molar refractivity (Wildman–Crippen MR) is 181 cm³/mol. The van der Waals surface area contributed by atoms with Gasteiger partial charge in [-0.15, -0.1) is 0 Å². The van der Waals surface area contributed by atoms with Gasteiger partial charge in [-0.05, 0) is 73.2 Å². The summed E-state index contributed by atoms with van der Waals surface area (Å²) in [7, 11) is 0. The summed E-state index contributed by atoms with van der Waals surface area (Å²) in [5, 5.41) is 4.79. The molecule has 0 saturated heterocycles. The summed E-state index contributed by atoms with van der Waals surface area (Å²) >= 11 is 0. The zero-order valence-electron chi connectivity index (χ0n) is 24.2. The van der Waals surface area contributed by atoms with Gasteiger partial charge in [-0.2, -0.15) is 0 Å². The summed E-state index contributed by atoms with van der Waals surface area (Å²) in [5.41, 5.74) is 9.99. The minimum absolute atomic E-state index is 0.125. The van der Waals surface area contributed by atoms with Crippen LogP contribution in [0.1, 0.15) is 12.1 Å². The normalized spacial score (nSPS) is 15.3. The van der Waals surface area contributed by atoms with Crippen molar-refractivity contribution in [2.75, 3.05) is 4.90 Å². The van der Waals surface area contributed by atoms with Gasteiger partial charge in [0.25, 0.3) is 0 Å². The van der Waals surface area contributed by atoms with Crippen LogP contribution in [0.4, 0.5) is 11.4 Å². The highest BCUT2D eigenvalue weighted by Crippen LogP contribution is 2.45. The number of anilines is 2. The van der Waals surface area contributed by atoms with Gasteiger partial charge in [-0.25, -0.2) is 4.98 Å². The molecule has 6 nitrogen and oxygen atoms in total. The number of rotatable bonds is 3. The highest BCUT2D eigenvalue weighted by Gasteiger charge is 2.39. The zero-order valence-corrected chi connectivity index (χ0v) is 24.2. The summed E-state index contributed by atoms with van der Waals surface area (Å²) in [6.45, 7) is 0. The van der Waals surface area contributed by atoms with Crippen molar-refractivity contribution < 1.29 is 0 Å². The number of hydrogen-bond donors (Lipinski definition) is 0. The van der Waals surface area contributed by atoms with E-state index in [4.69, 9.17) is 15.0 Å². The van der Waals surface area contributed by atoms with Crippen LogP contribution < -0.4 is 15.5 Å². The number of pyridine rings is 3. The molecule has 45 heavy (non-hydrogen) atoms. The Morgan fingerprint density at radius 1 is 0.600 bits per heavy atom. The van der Waals surface area contributed by atoms with Gasteiger partial charge in [-0.3, -0.25) is 14.5 Å². The highest BCUT2D eigenvalue weighted by molar-refractivity contribution is 6.19. The Morgan fingerprint density at radius 3 is 2.18 bits per heavy atom. The second kappa shape index (κ2) is 9.24. The van der Waals surface area contributed by atoms with Crippen LogP contribution in [0.5, 0.6) is 0 Å². The summed E-state index contributed by atoms with van der Waals surface area (Å²) < 4.78 is 4.70. The molecule has 0 fully saturated rings. The first-order chi connectivity index (χ1) is 22.4. The molecule has 0 N–H and O–H groups in total. The molecule has 0 amide bonds. The lowest BCUT2D eigenvalue weighted by atomic mass is 9.96. The van der Waals surface area contributed by atoms with Crippen molar-refractivity contribution in [2.45, 2.75) is 12.5 Å². The van der Waals surface area contributed by atoms with Crippen LogP contribution in [0.3, 0.4) is 0 Å². The van der Waals surface area contributed by atoms with E-state index in [-0.39, 0.29) is 6.04 Å². The fraction of sp³-hybridized carbons (Fsp3) is 0.0513. The Morgan fingerprint density at radius 2 is 1.36 bits per heavy atom. The molecular weight excluding hydrogens is 552 g/mol. The fourth-order valence-electron chi connectivity index (χ4n) is 7.63. The van der Waals surface area contributed by atoms with Crippen molar-refractivity contribution in [3.63, 3.8) is 0 Å². The molecule has 1 aliphatic heterocycles. The van der Waals surface area contributed by atoms with Gasteiger partial charge in [0, 0.05) is 46.1 Å². The third-order valence-corrected chi connectivity index (χ3v) is 9.33. The second-order valence-corrected chi connectivity index (χ2v) is 11.6. The zero-order chi connectivity index (χ0) is 29.5. The van der Waals surface area contributed by atoms with Gasteiger partial charge in [-0.1, -0.05) is 54.6 Å². The molecular formula is C39H26N6. The molecule has 6 heteroatoms. The lowest BCUT2D eigenvalue weighted by Crippen LogP contribution is -2.40. The van der Waals surface area contributed by atoms with E-state index in [1.807, 2.05) is 42.9 Å². The van der Waals surface area contributed by atoms with E-state index in [2.05, 4.69) is 111 Å².